The molecule has 0 aromatic heterocycles. The van der Waals surface area contributed by atoms with E-state index in [-0.39, 0.29) is 5.97 Å². The number of thioether (sulfide) groups is 1. The first-order valence-corrected chi connectivity index (χ1v) is 6.48. The van der Waals surface area contributed by atoms with Crippen molar-refractivity contribution in [3.63, 3.8) is 0 Å². The standard InChI is InChI=1S/C13H17NO3S/c1-4-17-13(15)9(2)8-18-12-6-5-10(14)7-11(12)16-3/h5-7H,2,4,8,14H2,1,3H3. The number of esters is 1. The second-order valence-electron chi connectivity index (χ2n) is 3.52. The van der Waals surface area contributed by atoms with Gasteiger partial charge in [-0.25, -0.2) is 4.79 Å². The zero-order chi connectivity index (χ0) is 13.5. The summed E-state index contributed by atoms with van der Waals surface area (Å²) >= 11 is 1.46. The maximum atomic E-state index is 11.4. The third kappa shape index (κ3) is 4.00. The third-order valence-corrected chi connectivity index (χ3v) is 3.29. The molecule has 5 heteroatoms. The minimum atomic E-state index is -0.362. The maximum absolute atomic E-state index is 11.4. The van der Waals surface area contributed by atoms with Crippen molar-refractivity contribution in [3.8, 4) is 5.75 Å². The van der Waals surface area contributed by atoms with Crippen LogP contribution in [0.1, 0.15) is 6.92 Å². The molecule has 1 rings (SSSR count). The summed E-state index contributed by atoms with van der Waals surface area (Å²) in [7, 11) is 1.58. The molecule has 0 amide bonds. The van der Waals surface area contributed by atoms with E-state index >= 15 is 0 Å². The molecule has 0 saturated heterocycles. The van der Waals surface area contributed by atoms with Crippen LogP contribution in [-0.4, -0.2) is 25.4 Å². The molecule has 1 aromatic rings. The number of rotatable bonds is 6. The smallest absolute Gasteiger partial charge is 0.334 e. The molecule has 0 bridgehead atoms. The van der Waals surface area contributed by atoms with Crippen LogP contribution in [-0.2, 0) is 9.53 Å². The molecule has 0 atom stereocenters. The van der Waals surface area contributed by atoms with Crippen molar-refractivity contribution in [1.29, 1.82) is 0 Å². The van der Waals surface area contributed by atoms with Crippen molar-refractivity contribution in [3.05, 3.63) is 30.4 Å². The predicted molar refractivity (Wildman–Crippen MR) is 73.9 cm³/mol. The average molecular weight is 267 g/mol. The van der Waals surface area contributed by atoms with E-state index in [1.54, 1.807) is 26.2 Å². The number of benzene rings is 1. The second kappa shape index (κ2) is 6.96. The minimum absolute atomic E-state index is 0.355. The Labute approximate surface area is 111 Å². The summed E-state index contributed by atoms with van der Waals surface area (Å²) in [5.41, 5.74) is 6.74. The van der Waals surface area contributed by atoms with Gasteiger partial charge in [0.15, 0.2) is 0 Å². The highest BCUT2D eigenvalue weighted by Gasteiger charge is 2.10. The molecule has 0 spiro atoms. The van der Waals surface area contributed by atoms with Crippen molar-refractivity contribution in [2.24, 2.45) is 0 Å². The number of ether oxygens (including phenoxy) is 2. The fourth-order valence-electron chi connectivity index (χ4n) is 1.26. The Kier molecular flexibility index (Phi) is 5.58. The number of carbonyl (C=O) groups excluding carboxylic acids is 1. The first-order chi connectivity index (χ1) is 8.58. The SMILES string of the molecule is C=C(CSc1ccc(N)cc1OC)C(=O)OCC. The molecule has 0 aliphatic carbocycles. The lowest BCUT2D eigenvalue weighted by Gasteiger charge is -2.09. The highest BCUT2D eigenvalue weighted by atomic mass is 32.2. The number of nitrogen functional groups attached to an aromatic ring is 1. The molecule has 2 N–H and O–H groups in total. The molecule has 0 aliphatic heterocycles. The molecule has 0 aliphatic rings. The number of hydrogen-bond acceptors (Lipinski definition) is 5. The van der Waals surface area contributed by atoms with Gasteiger partial charge >= 0.3 is 5.97 Å². The largest absolute Gasteiger partial charge is 0.496 e. The molecule has 0 radical (unpaired) electrons. The maximum Gasteiger partial charge on any atom is 0.334 e. The Bertz CT molecular complexity index is 446. The van der Waals surface area contributed by atoms with Crippen LogP contribution >= 0.6 is 11.8 Å². The van der Waals surface area contributed by atoms with Crippen LogP contribution in [0.5, 0.6) is 5.75 Å². The highest BCUT2D eigenvalue weighted by Crippen LogP contribution is 2.31. The monoisotopic (exact) mass is 267 g/mol. The summed E-state index contributed by atoms with van der Waals surface area (Å²) in [5, 5.41) is 0. The van der Waals surface area contributed by atoms with Crippen molar-refractivity contribution in [1.82, 2.24) is 0 Å². The van der Waals surface area contributed by atoms with Gasteiger partial charge in [0.1, 0.15) is 5.75 Å². The lowest BCUT2D eigenvalue weighted by molar-refractivity contribution is -0.138. The molecular weight excluding hydrogens is 250 g/mol. The lowest BCUT2D eigenvalue weighted by Crippen LogP contribution is -2.08. The van der Waals surface area contributed by atoms with Crippen LogP contribution in [0.4, 0.5) is 5.69 Å². The van der Waals surface area contributed by atoms with Gasteiger partial charge in [0.05, 0.1) is 13.7 Å². The van der Waals surface area contributed by atoms with Gasteiger partial charge in [-0.05, 0) is 19.1 Å². The summed E-state index contributed by atoms with van der Waals surface area (Å²) in [6.45, 7) is 5.82. The van der Waals surface area contributed by atoms with E-state index in [0.29, 0.717) is 29.4 Å². The summed E-state index contributed by atoms with van der Waals surface area (Å²) in [4.78, 5) is 12.3. The summed E-state index contributed by atoms with van der Waals surface area (Å²) < 4.78 is 10.1. The fourth-order valence-corrected chi connectivity index (χ4v) is 2.16. The molecule has 1 aromatic carbocycles. The zero-order valence-corrected chi connectivity index (χ0v) is 11.4. The van der Waals surface area contributed by atoms with Gasteiger partial charge in [0, 0.05) is 28.0 Å². The van der Waals surface area contributed by atoms with Crippen molar-refractivity contribution in [2.75, 3.05) is 25.2 Å². The van der Waals surface area contributed by atoms with Crippen LogP contribution in [0.25, 0.3) is 0 Å². The second-order valence-corrected chi connectivity index (χ2v) is 4.54. The van der Waals surface area contributed by atoms with E-state index < -0.39 is 0 Å². The number of carbonyl (C=O) groups is 1. The van der Waals surface area contributed by atoms with Gasteiger partial charge in [-0.15, -0.1) is 11.8 Å². The van der Waals surface area contributed by atoms with Crippen LogP contribution in [0.2, 0.25) is 0 Å². The van der Waals surface area contributed by atoms with Crippen molar-refractivity contribution in [2.45, 2.75) is 11.8 Å². The van der Waals surface area contributed by atoms with Gasteiger partial charge in [0.25, 0.3) is 0 Å². The predicted octanol–water partition coefficient (Wildman–Crippen LogP) is 2.49. The molecule has 0 unspecified atom stereocenters. The van der Waals surface area contributed by atoms with E-state index in [9.17, 15) is 4.79 Å². The Hall–Kier alpha value is -1.62. The molecule has 18 heavy (non-hydrogen) atoms. The van der Waals surface area contributed by atoms with E-state index in [4.69, 9.17) is 15.2 Å². The van der Waals surface area contributed by atoms with Crippen LogP contribution < -0.4 is 10.5 Å². The number of nitrogens with two attached hydrogens (primary N) is 1. The summed E-state index contributed by atoms with van der Waals surface area (Å²) in [6, 6.07) is 5.39. The molecule has 0 heterocycles. The Morgan fingerprint density at radius 3 is 2.83 bits per heavy atom. The zero-order valence-electron chi connectivity index (χ0n) is 10.6. The highest BCUT2D eigenvalue weighted by molar-refractivity contribution is 7.99. The first kappa shape index (κ1) is 14.4. The Morgan fingerprint density at radius 1 is 1.50 bits per heavy atom. The fraction of sp³-hybridized carbons (Fsp3) is 0.308. The summed E-state index contributed by atoms with van der Waals surface area (Å²) in [5.74, 6) is 0.787. The lowest BCUT2D eigenvalue weighted by atomic mass is 10.3. The third-order valence-electron chi connectivity index (χ3n) is 2.15. The Balaban J connectivity index is 2.63. The Morgan fingerprint density at radius 2 is 2.22 bits per heavy atom. The molecular formula is C13H17NO3S. The normalized spacial score (nSPS) is 9.89. The first-order valence-electron chi connectivity index (χ1n) is 5.49. The van der Waals surface area contributed by atoms with Gasteiger partial charge < -0.3 is 15.2 Å². The van der Waals surface area contributed by atoms with E-state index in [1.807, 2.05) is 6.07 Å². The van der Waals surface area contributed by atoms with Crippen LogP contribution in [0.15, 0.2) is 35.2 Å². The van der Waals surface area contributed by atoms with Crippen LogP contribution in [0.3, 0.4) is 0 Å². The van der Waals surface area contributed by atoms with Crippen molar-refractivity contribution >= 4 is 23.4 Å². The van der Waals surface area contributed by atoms with Gasteiger partial charge in [0.2, 0.25) is 0 Å². The molecule has 0 fully saturated rings. The van der Waals surface area contributed by atoms with Crippen molar-refractivity contribution < 1.29 is 14.3 Å². The number of anilines is 1. The quantitative estimate of drug-likeness (QED) is 0.371. The van der Waals surface area contributed by atoms with E-state index in [1.165, 1.54) is 11.8 Å². The van der Waals surface area contributed by atoms with Crippen LogP contribution in [0, 0.1) is 0 Å². The molecule has 4 nitrogen and oxygen atoms in total. The van der Waals surface area contributed by atoms with E-state index in [2.05, 4.69) is 6.58 Å². The number of methoxy groups -OCH3 is 1. The topological polar surface area (TPSA) is 61.5 Å². The van der Waals surface area contributed by atoms with E-state index in [0.717, 1.165) is 4.90 Å². The van der Waals surface area contributed by atoms with Gasteiger partial charge in [-0.1, -0.05) is 6.58 Å². The van der Waals surface area contributed by atoms with Gasteiger partial charge in [-0.2, -0.15) is 0 Å². The average Bonchev–Trinajstić information content (AvgIpc) is 2.37. The molecule has 0 saturated carbocycles. The minimum Gasteiger partial charge on any atom is -0.496 e. The summed E-state index contributed by atoms with van der Waals surface area (Å²) in [6.07, 6.45) is 0. The number of hydrogen-bond donors (Lipinski definition) is 1. The van der Waals surface area contributed by atoms with Gasteiger partial charge in [-0.3, -0.25) is 0 Å². The molecule has 98 valence electrons.